The third-order valence-electron chi connectivity index (χ3n) is 2.05. The zero-order valence-electron chi connectivity index (χ0n) is 10.2. The zero-order chi connectivity index (χ0) is 14.1. The standard InChI is InChI=1S/C12H11N3O2S2/c1-15-12(16)17-11-3-9(5-18-7-13)2-10(4-11)6-19-8-14/h2-4H,5-6H2,1H3,(H,15,16). The molecule has 19 heavy (non-hydrogen) atoms. The molecule has 1 amide bonds. The van der Waals surface area contributed by atoms with Crippen LogP contribution in [0.15, 0.2) is 18.2 Å². The molecule has 98 valence electrons. The van der Waals surface area contributed by atoms with E-state index >= 15 is 0 Å². The third-order valence-corrected chi connectivity index (χ3v) is 3.26. The van der Waals surface area contributed by atoms with Gasteiger partial charge < -0.3 is 10.1 Å². The van der Waals surface area contributed by atoms with Crippen LogP contribution in [0.3, 0.4) is 0 Å². The fourth-order valence-electron chi connectivity index (χ4n) is 1.34. The number of hydrogen-bond donors (Lipinski definition) is 1. The van der Waals surface area contributed by atoms with Gasteiger partial charge in [0.1, 0.15) is 16.6 Å². The van der Waals surface area contributed by atoms with Gasteiger partial charge in [-0.15, -0.1) is 0 Å². The van der Waals surface area contributed by atoms with Crippen molar-refractivity contribution in [2.45, 2.75) is 11.5 Å². The highest BCUT2D eigenvalue weighted by Crippen LogP contribution is 2.23. The monoisotopic (exact) mass is 293 g/mol. The van der Waals surface area contributed by atoms with Crippen LogP contribution in [0.4, 0.5) is 4.79 Å². The Labute approximate surface area is 119 Å². The SMILES string of the molecule is CNC(=O)Oc1cc(CSC#N)cc(CSC#N)c1. The fraction of sp³-hybridized carbons (Fsp3) is 0.250. The first-order chi connectivity index (χ1) is 9.19. The minimum absolute atomic E-state index is 0.406. The number of benzene rings is 1. The Balaban J connectivity index is 2.92. The first kappa shape index (κ1) is 15.2. The quantitative estimate of drug-likeness (QED) is 0.840. The first-order valence-electron chi connectivity index (χ1n) is 5.23. The van der Waals surface area contributed by atoms with E-state index in [0.29, 0.717) is 17.3 Å². The lowest BCUT2D eigenvalue weighted by Crippen LogP contribution is -2.22. The fourth-order valence-corrected chi connectivity index (χ4v) is 2.14. The van der Waals surface area contributed by atoms with Gasteiger partial charge in [0.05, 0.1) is 0 Å². The third kappa shape index (κ3) is 5.56. The summed E-state index contributed by atoms with van der Waals surface area (Å²) in [6, 6.07) is 5.31. The zero-order valence-corrected chi connectivity index (χ0v) is 11.8. The molecule has 0 aromatic heterocycles. The minimum atomic E-state index is -0.552. The van der Waals surface area contributed by atoms with Crippen molar-refractivity contribution in [3.8, 4) is 16.6 Å². The Morgan fingerprint density at radius 3 is 2.16 bits per heavy atom. The Morgan fingerprint density at radius 2 is 1.74 bits per heavy atom. The van der Waals surface area contributed by atoms with E-state index in [1.54, 1.807) is 12.1 Å². The van der Waals surface area contributed by atoms with E-state index in [9.17, 15) is 4.79 Å². The Hall–Kier alpha value is -1.83. The molecule has 0 aliphatic heterocycles. The van der Waals surface area contributed by atoms with Gasteiger partial charge in [-0.1, -0.05) is 6.07 Å². The Kier molecular flexibility index (Phi) is 6.65. The van der Waals surface area contributed by atoms with E-state index in [2.05, 4.69) is 5.32 Å². The molecule has 0 heterocycles. The van der Waals surface area contributed by atoms with Crippen LogP contribution in [0.25, 0.3) is 0 Å². The molecule has 1 aromatic rings. The molecule has 0 fully saturated rings. The second-order valence-electron chi connectivity index (χ2n) is 3.38. The lowest BCUT2D eigenvalue weighted by Gasteiger charge is -2.08. The smallest absolute Gasteiger partial charge is 0.410 e. The summed E-state index contributed by atoms with van der Waals surface area (Å²) in [7, 11) is 1.48. The number of carbonyl (C=O) groups is 1. The molecule has 0 unspecified atom stereocenters. The Bertz CT molecular complexity index is 499. The average Bonchev–Trinajstić information content (AvgIpc) is 2.42. The summed E-state index contributed by atoms with van der Waals surface area (Å²) < 4.78 is 5.07. The van der Waals surface area contributed by atoms with Crippen LogP contribution in [0.5, 0.6) is 5.75 Å². The maximum atomic E-state index is 11.2. The number of nitriles is 2. The number of rotatable bonds is 5. The van der Waals surface area contributed by atoms with Crippen molar-refractivity contribution in [2.75, 3.05) is 7.05 Å². The van der Waals surface area contributed by atoms with Gasteiger partial charge in [0.25, 0.3) is 0 Å². The highest BCUT2D eigenvalue weighted by Gasteiger charge is 2.06. The van der Waals surface area contributed by atoms with E-state index in [1.165, 1.54) is 7.05 Å². The minimum Gasteiger partial charge on any atom is -0.410 e. The van der Waals surface area contributed by atoms with Gasteiger partial charge in [-0.3, -0.25) is 0 Å². The lowest BCUT2D eigenvalue weighted by molar-refractivity contribution is 0.203. The number of nitrogens with one attached hydrogen (secondary N) is 1. The summed E-state index contributed by atoms with van der Waals surface area (Å²) in [5, 5.41) is 23.5. The highest BCUT2D eigenvalue weighted by atomic mass is 32.2. The summed E-state index contributed by atoms with van der Waals surface area (Å²) in [6.45, 7) is 0. The van der Waals surface area contributed by atoms with Gasteiger partial charge in [-0.2, -0.15) is 10.5 Å². The molecule has 0 bridgehead atoms. The normalized spacial score (nSPS) is 9.21. The van der Waals surface area contributed by atoms with E-state index in [-0.39, 0.29) is 0 Å². The van der Waals surface area contributed by atoms with E-state index < -0.39 is 6.09 Å². The van der Waals surface area contributed by atoms with Crippen molar-refractivity contribution in [3.05, 3.63) is 29.3 Å². The molecule has 0 radical (unpaired) electrons. The molecule has 1 rings (SSSR count). The number of hydrogen-bond acceptors (Lipinski definition) is 6. The van der Waals surface area contributed by atoms with E-state index in [1.807, 2.05) is 16.9 Å². The summed E-state index contributed by atoms with van der Waals surface area (Å²) in [6.07, 6.45) is -0.552. The summed E-state index contributed by atoms with van der Waals surface area (Å²) in [5.41, 5.74) is 1.75. The van der Waals surface area contributed by atoms with Crippen molar-refractivity contribution in [2.24, 2.45) is 0 Å². The molecule has 7 heteroatoms. The number of nitrogens with zero attached hydrogens (tertiary/aromatic N) is 2. The number of ether oxygens (including phenoxy) is 1. The van der Waals surface area contributed by atoms with Crippen molar-refractivity contribution >= 4 is 29.6 Å². The summed E-state index contributed by atoms with van der Waals surface area (Å²) in [4.78, 5) is 11.2. The van der Waals surface area contributed by atoms with Crippen LogP contribution in [-0.2, 0) is 11.5 Å². The predicted octanol–water partition coefficient (Wildman–Crippen LogP) is 2.83. The molecule has 0 atom stereocenters. The topological polar surface area (TPSA) is 85.9 Å². The largest absolute Gasteiger partial charge is 0.412 e. The molecule has 0 aliphatic rings. The molecule has 1 N–H and O–H groups in total. The van der Waals surface area contributed by atoms with Crippen molar-refractivity contribution in [1.82, 2.24) is 5.32 Å². The molecule has 0 saturated carbocycles. The first-order valence-corrected chi connectivity index (χ1v) is 7.21. The number of amides is 1. The molecule has 5 nitrogen and oxygen atoms in total. The van der Waals surface area contributed by atoms with Crippen molar-refractivity contribution in [3.63, 3.8) is 0 Å². The number of carbonyl (C=O) groups excluding carboxylic acids is 1. The van der Waals surface area contributed by atoms with Crippen LogP contribution in [0, 0.1) is 21.3 Å². The lowest BCUT2D eigenvalue weighted by atomic mass is 10.1. The van der Waals surface area contributed by atoms with Crippen molar-refractivity contribution in [1.29, 1.82) is 10.5 Å². The van der Waals surface area contributed by atoms with Gasteiger partial charge >= 0.3 is 6.09 Å². The van der Waals surface area contributed by atoms with Gasteiger partial charge in [0.15, 0.2) is 0 Å². The average molecular weight is 293 g/mol. The second kappa shape index (κ2) is 8.30. The van der Waals surface area contributed by atoms with Crippen LogP contribution < -0.4 is 10.1 Å². The predicted molar refractivity (Wildman–Crippen MR) is 75.3 cm³/mol. The molecular weight excluding hydrogens is 282 g/mol. The summed E-state index contributed by atoms with van der Waals surface area (Å²) in [5.74, 6) is 1.42. The molecule has 0 aliphatic carbocycles. The van der Waals surface area contributed by atoms with Crippen LogP contribution in [0.1, 0.15) is 11.1 Å². The number of thioether (sulfide) groups is 2. The molecule has 0 spiro atoms. The molecule has 0 saturated heterocycles. The van der Waals surface area contributed by atoms with Crippen LogP contribution in [0.2, 0.25) is 0 Å². The van der Waals surface area contributed by atoms with Gasteiger partial charge in [0, 0.05) is 18.6 Å². The van der Waals surface area contributed by atoms with Gasteiger partial charge in [0.2, 0.25) is 0 Å². The van der Waals surface area contributed by atoms with Crippen LogP contribution >= 0.6 is 23.5 Å². The second-order valence-corrected chi connectivity index (χ2v) is 4.90. The maximum Gasteiger partial charge on any atom is 0.412 e. The molecular formula is C12H11N3O2S2. The molecule has 1 aromatic carbocycles. The van der Waals surface area contributed by atoms with Gasteiger partial charge in [-0.05, 0) is 46.8 Å². The number of thiocyanates is 2. The van der Waals surface area contributed by atoms with Crippen LogP contribution in [-0.4, -0.2) is 13.1 Å². The van der Waals surface area contributed by atoms with E-state index in [4.69, 9.17) is 15.3 Å². The van der Waals surface area contributed by atoms with E-state index in [0.717, 1.165) is 34.7 Å². The Morgan fingerprint density at radius 1 is 1.21 bits per heavy atom. The van der Waals surface area contributed by atoms with Gasteiger partial charge in [-0.25, -0.2) is 4.79 Å². The summed E-state index contributed by atoms with van der Waals surface area (Å²) >= 11 is 2.21. The maximum absolute atomic E-state index is 11.2. The highest BCUT2D eigenvalue weighted by molar-refractivity contribution is 8.03. The van der Waals surface area contributed by atoms with Crippen molar-refractivity contribution < 1.29 is 9.53 Å².